The van der Waals surface area contributed by atoms with E-state index in [0.717, 1.165) is 18.2 Å². The first-order chi connectivity index (χ1) is 9.96. The summed E-state index contributed by atoms with van der Waals surface area (Å²) in [7, 11) is -3.44. The van der Waals surface area contributed by atoms with Crippen LogP contribution in [0.5, 0.6) is 0 Å². The van der Waals surface area contributed by atoms with Crippen LogP contribution in [0.3, 0.4) is 0 Å². The normalized spacial score (nSPS) is 21.0. The first-order valence-electron chi connectivity index (χ1n) is 6.53. The van der Waals surface area contributed by atoms with Crippen molar-refractivity contribution in [3.8, 4) is 0 Å². The third-order valence-electron chi connectivity index (χ3n) is 2.94. The standard InChI is InChI=1S/C7H8O.C6H11N3O3S/c8-6-7-4-2-1-3-5-7;1-13(10,11)12-6-4-2-3-5(6)8-9-7/h1-5,8H,6H2;5-6H,2-4H2,1H3. The third kappa shape index (κ3) is 7.10. The topological polar surface area (TPSA) is 112 Å². The van der Waals surface area contributed by atoms with Crippen LogP contribution in [0.4, 0.5) is 0 Å². The van der Waals surface area contributed by atoms with E-state index in [0.29, 0.717) is 12.8 Å². The van der Waals surface area contributed by atoms with Crippen LogP contribution in [0.2, 0.25) is 0 Å². The van der Waals surface area contributed by atoms with Crippen LogP contribution in [0.15, 0.2) is 35.4 Å². The van der Waals surface area contributed by atoms with E-state index < -0.39 is 16.2 Å². The summed E-state index contributed by atoms with van der Waals surface area (Å²) in [5, 5.41) is 12.0. The second-order valence-corrected chi connectivity index (χ2v) is 6.29. The summed E-state index contributed by atoms with van der Waals surface area (Å²) in [5.41, 5.74) is 9.16. The zero-order chi connectivity index (χ0) is 15.7. The molecule has 0 bridgehead atoms. The van der Waals surface area contributed by atoms with Crippen LogP contribution in [-0.2, 0) is 20.9 Å². The van der Waals surface area contributed by atoms with Gasteiger partial charge in [-0.2, -0.15) is 8.42 Å². The Labute approximate surface area is 124 Å². The van der Waals surface area contributed by atoms with E-state index in [-0.39, 0.29) is 12.6 Å². The molecule has 8 heteroatoms. The van der Waals surface area contributed by atoms with Gasteiger partial charge in [0.25, 0.3) is 10.1 Å². The molecule has 1 aliphatic carbocycles. The zero-order valence-corrected chi connectivity index (χ0v) is 12.6. The largest absolute Gasteiger partial charge is 0.392 e. The van der Waals surface area contributed by atoms with E-state index in [2.05, 4.69) is 10.0 Å². The maximum absolute atomic E-state index is 10.8. The summed E-state index contributed by atoms with van der Waals surface area (Å²) in [5.74, 6) is 0. The molecule has 7 nitrogen and oxygen atoms in total. The minimum atomic E-state index is -3.44. The molecule has 1 saturated carbocycles. The molecular weight excluding hydrogens is 294 g/mol. The second-order valence-electron chi connectivity index (χ2n) is 4.69. The first-order valence-corrected chi connectivity index (χ1v) is 8.35. The highest BCUT2D eigenvalue weighted by Crippen LogP contribution is 2.26. The average Bonchev–Trinajstić information content (AvgIpc) is 2.86. The molecule has 0 amide bonds. The van der Waals surface area contributed by atoms with Crippen LogP contribution in [-0.4, -0.2) is 31.9 Å². The van der Waals surface area contributed by atoms with Crippen LogP contribution >= 0.6 is 0 Å². The summed E-state index contributed by atoms with van der Waals surface area (Å²) >= 11 is 0. The third-order valence-corrected chi connectivity index (χ3v) is 3.54. The van der Waals surface area contributed by atoms with Gasteiger partial charge in [0.15, 0.2) is 0 Å². The monoisotopic (exact) mass is 313 g/mol. The molecule has 0 saturated heterocycles. The highest BCUT2D eigenvalue weighted by molar-refractivity contribution is 7.86. The fourth-order valence-corrected chi connectivity index (χ4v) is 2.70. The molecular formula is C13H19N3O4S. The maximum atomic E-state index is 10.8. The molecule has 1 aliphatic rings. The number of azide groups is 1. The fourth-order valence-electron chi connectivity index (χ4n) is 2.03. The molecule has 116 valence electrons. The number of rotatable bonds is 4. The molecule has 0 heterocycles. The number of hydrogen-bond donors (Lipinski definition) is 1. The van der Waals surface area contributed by atoms with Crippen LogP contribution in [0.1, 0.15) is 24.8 Å². The Morgan fingerprint density at radius 1 is 1.38 bits per heavy atom. The van der Waals surface area contributed by atoms with Gasteiger partial charge in [-0.15, -0.1) is 0 Å². The van der Waals surface area contributed by atoms with Gasteiger partial charge in [0.05, 0.1) is 25.0 Å². The second kappa shape index (κ2) is 8.63. The van der Waals surface area contributed by atoms with Crippen molar-refractivity contribution in [2.75, 3.05) is 6.26 Å². The number of hydrogen-bond acceptors (Lipinski definition) is 5. The molecule has 0 radical (unpaired) electrons. The van der Waals surface area contributed by atoms with Gasteiger partial charge in [0.2, 0.25) is 0 Å². The Morgan fingerprint density at radius 2 is 2.05 bits per heavy atom. The Kier molecular flexibility index (Phi) is 7.18. The molecule has 0 spiro atoms. The zero-order valence-electron chi connectivity index (χ0n) is 11.8. The number of aliphatic hydroxyl groups excluding tert-OH is 1. The highest BCUT2D eigenvalue weighted by atomic mass is 32.2. The minimum Gasteiger partial charge on any atom is -0.392 e. The molecule has 1 N–H and O–H groups in total. The predicted octanol–water partition coefficient (Wildman–Crippen LogP) is 2.37. The number of nitrogens with zero attached hydrogens (tertiary/aromatic N) is 3. The molecule has 2 rings (SSSR count). The molecule has 0 aromatic heterocycles. The van der Waals surface area contributed by atoms with Gasteiger partial charge in [-0.05, 0) is 23.9 Å². The average molecular weight is 313 g/mol. The summed E-state index contributed by atoms with van der Waals surface area (Å²) in [6, 6.07) is 9.19. The van der Waals surface area contributed by atoms with Gasteiger partial charge < -0.3 is 5.11 Å². The number of aliphatic hydroxyl groups is 1. The molecule has 1 aromatic rings. The Morgan fingerprint density at radius 3 is 2.52 bits per heavy atom. The lowest BCUT2D eigenvalue weighted by molar-refractivity contribution is 0.201. The van der Waals surface area contributed by atoms with Crippen molar-refractivity contribution in [3.05, 3.63) is 46.3 Å². The number of benzene rings is 1. The molecule has 2 atom stereocenters. The Balaban J connectivity index is 0.000000235. The van der Waals surface area contributed by atoms with Crippen LogP contribution < -0.4 is 0 Å². The molecule has 1 fully saturated rings. The molecule has 21 heavy (non-hydrogen) atoms. The highest BCUT2D eigenvalue weighted by Gasteiger charge is 2.29. The van der Waals surface area contributed by atoms with Crippen molar-refractivity contribution in [3.63, 3.8) is 0 Å². The summed E-state index contributed by atoms with van der Waals surface area (Å²) in [6.07, 6.45) is 2.70. The molecule has 1 aromatic carbocycles. The van der Waals surface area contributed by atoms with Crippen molar-refractivity contribution in [2.24, 2.45) is 5.11 Å². The van der Waals surface area contributed by atoms with E-state index in [1.807, 2.05) is 30.3 Å². The van der Waals surface area contributed by atoms with Gasteiger partial charge >= 0.3 is 0 Å². The summed E-state index contributed by atoms with van der Waals surface area (Å²) in [4.78, 5) is 2.65. The van der Waals surface area contributed by atoms with Crippen LogP contribution in [0, 0.1) is 0 Å². The van der Waals surface area contributed by atoms with Gasteiger partial charge in [-0.3, -0.25) is 4.18 Å². The SMILES string of the molecule is CS(=O)(=O)OC1CCCC1N=[N+]=[N-].OCc1ccccc1. The van der Waals surface area contributed by atoms with E-state index in [9.17, 15) is 8.42 Å². The summed E-state index contributed by atoms with van der Waals surface area (Å²) < 4.78 is 26.3. The first kappa shape index (κ1) is 17.5. The lowest BCUT2D eigenvalue weighted by Crippen LogP contribution is -2.23. The van der Waals surface area contributed by atoms with E-state index in [1.165, 1.54) is 0 Å². The quantitative estimate of drug-likeness (QED) is 0.398. The van der Waals surface area contributed by atoms with Crippen molar-refractivity contribution in [2.45, 2.75) is 38.0 Å². The minimum absolute atomic E-state index is 0.140. The van der Waals surface area contributed by atoms with E-state index in [1.54, 1.807) is 0 Å². The van der Waals surface area contributed by atoms with Gasteiger partial charge in [-0.25, -0.2) is 0 Å². The van der Waals surface area contributed by atoms with Crippen molar-refractivity contribution in [1.82, 2.24) is 0 Å². The lowest BCUT2D eigenvalue weighted by Gasteiger charge is -2.13. The lowest BCUT2D eigenvalue weighted by atomic mass is 10.2. The van der Waals surface area contributed by atoms with Crippen LogP contribution in [0.25, 0.3) is 10.4 Å². The van der Waals surface area contributed by atoms with Gasteiger partial charge in [-0.1, -0.05) is 41.9 Å². The van der Waals surface area contributed by atoms with Crippen molar-refractivity contribution in [1.29, 1.82) is 0 Å². The molecule has 2 unspecified atom stereocenters. The van der Waals surface area contributed by atoms with E-state index in [4.69, 9.17) is 14.8 Å². The maximum Gasteiger partial charge on any atom is 0.264 e. The Hall–Kier alpha value is -1.60. The van der Waals surface area contributed by atoms with Crippen molar-refractivity contribution < 1.29 is 17.7 Å². The molecule has 0 aliphatic heterocycles. The smallest absolute Gasteiger partial charge is 0.264 e. The van der Waals surface area contributed by atoms with Crippen molar-refractivity contribution >= 4 is 10.1 Å². The van der Waals surface area contributed by atoms with Gasteiger partial charge in [0.1, 0.15) is 0 Å². The Bertz CT molecular complexity index is 570. The fraction of sp³-hybridized carbons (Fsp3) is 0.538. The summed E-state index contributed by atoms with van der Waals surface area (Å²) in [6.45, 7) is 0.140. The van der Waals surface area contributed by atoms with E-state index >= 15 is 0 Å². The van der Waals surface area contributed by atoms with Gasteiger partial charge in [0, 0.05) is 4.91 Å². The predicted molar refractivity (Wildman–Crippen MR) is 78.9 cm³/mol.